The van der Waals surface area contributed by atoms with Crippen molar-refractivity contribution >= 4 is 23.5 Å². The first kappa shape index (κ1) is 20.1. The summed E-state index contributed by atoms with van der Waals surface area (Å²) in [6.45, 7) is -1.69. The summed E-state index contributed by atoms with van der Waals surface area (Å²) in [6, 6.07) is 11.3. The van der Waals surface area contributed by atoms with Gasteiger partial charge in [0.2, 0.25) is 0 Å². The second-order valence-corrected chi connectivity index (χ2v) is 6.30. The molecule has 1 aliphatic heterocycles. The van der Waals surface area contributed by atoms with Crippen molar-refractivity contribution in [3.05, 3.63) is 54.1 Å². The van der Waals surface area contributed by atoms with Crippen LogP contribution in [0.2, 0.25) is 0 Å². The highest BCUT2D eigenvalue weighted by atomic mass is 19.3. The van der Waals surface area contributed by atoms with Gasteiger partial charge in [-0.1, -0.05) is 12.1 Å². The summed E-state index contributed by atoms with van der Waals surface area (Å²) in [5, 5.41) is 7.27. The van der Waals surface area contributed by atoms with Crippen LogP contribution in [0.25, 0.3) is 0 Å². The number of imide groups is 1. The third kappa shape index (κ3) is 4.78. The summed E-state index contributed by atoms with van der Waals surface area (Å²) in [6.07, 6.45) is 0. The SMILES string of the molecule is C[C@@]1(c2cccc(OCC(=O)Nc3ccc(OC(F)F)cc3)c2)NC(=O)NC1=O. The normalized spacial score (nSPS) is 18.2. The second-order valence-electron chi connectivity index (χ2n) is 6.30. The number of hydrogen-bond donors (Lipinski definition) is 3. The maximum absolute atomic E-state index is 12.1. The third-order valence-corrected chi connectivity index (χ3v) is 4.19. The number of halogens is 2. The fourth-order valence-corrected chi connectivity index (χ4v) is 2.71. The Morgan fingerprint density at radius 1 is 1.14 bits per heavy atom. The monoisotopic (exact) mass is 405 g/mol. The standard InChI is InChI=1S/C19H17F2N3O5/c1-19(16(26)23-18(27)24-19)11-3-2-4-14(9-11)28-10-15(25)22-12-5-7-13(8-6-12)29-17(20)21/h2-9,17H,10H2,1H3,(H,22,25)(H2,23,24,26,27)/t19-/m0/s1. The van der Waals surface area contributed by atoms with Crippen LogP contribution >= 0.6 is 0 Å². The summed E-state index contributed by atoms with van der Waals surface area (Å²) >= 11 is 0. The number of rotatable bonds is 7. The van der Waals surface area contributed by atoms with E-state index in [1.807, 2.05) is 0 Å². The van der Waals surface area contributed by atoms with Crippen molar-refractivity contribution in [3.8, 4) is 11.5 Å². The molecule has 2 aromatic carbocycles. The highest BCUT2D eigenvalue weighted by molar-refractivity contribution is 6.07. The molecule has 2 aromatic rings. The molecule has 0 radical (unpaired) electrons. The largest absolute Gasteiger partial charge is 0.484 e. The molecule has 0 spiro atoms. The van der Waals surface area contributed by atoms with E-state index in [9.17, 15) is 23.2 Å². The summed E-state index contributed by atoms with van der Waals surface area (Å²) in [5.74, 6) is -0.663. The fraction of sp³-hybridized carbons (Fsp3) is 0.211. The van der Waals surface area contributed by atoms with Crippen LogP contribution in [0, 0.1) is 0 Å². The van der Waals surface area contributed by atoms with Crippen molar-refractivity contribution in [2.24, 2.45) is 0 Å². The molecule has 29 heavy (non-hydrogen) atoms. The smallest absolute Gasteiger partial charge is 0.387 e. The van der Waals surface area contributed by atoms with Gasteiger partial charge in [0.05, 0.1) is 0 Å². The number of hydrogen-bond acceptors (Lipinski definition) is 5. The van der Waals surface area contributed by atoms with E-state index in [1.54, 1.807) is 31.2 Å². The Hall–Kier alpha value is -3.69. The van der Waals surface area contributed by atoms with Crippen molar-refractivity contribution in [2.75, 3.05) is 11.9 Å². The number of alkyl halides is 2. The predicted octanol–water partition coefficient (Wildman–Crippen LogP) is 2.36. The van der Waals surface area contributed by atoms with Crippen LogP contribution in [-0.2, 0) is 15.1 Å². The molecule has 0 aliphatic carbocycles. The number of ether oxygens (including phenoxy) is 2. The van der Waals surface area contributed by atoms with Crippen LogP contribution in [0.4, 0.5) is 19.3 Å². The van der Waals surface area contributed by atoms with Gasteiger partial charge in [-0.05, 0) is 48.9 Å². The molecular formula is C19H17F2N3O5. The van der Waals surface area contributed by atoms with Gasteiger partial charge in [0.25, 0.3) is 11.8 Å². The Morgan fingerprint density at radius 3 is 2.48 bits per heavy atom. The molecule has 10 heteroatoms. The van der Waals surface area contributed by atoms with Gasteiger partial charge in [-0.15, -0.1) is 0 Å². The lowest BCUT2D eigenvalue weighted by Crippen LogP contribution is -2.40. The third-order valence-electron chi connectivity index (χ3n) is 4.19. The van der Waals surface area contributed by atoms with E-state index < -0.39 is 30.0 Å². The summed E-state index contributed by atoms with van der Waals surface area (Å²) in [5.41, 5.74) is -0.360. The highest BCUT2D eigenvalue weighted by Gasteiger charge is 2.43. The first-order valence-corrected chi connectivity index (χ1v) is 8.48. The molecule has 0 aromatic heterocycles. The Balaban J connectivity index is 1.58. The van der Waals surface area contributed by atoms with E-state index in [4.69, 9.17) is 4.74 Å². The van der Waals surface area contributed by atoms with Crippen LogP contribution in [0.5, 0.6) is 11.5 Å². The van der Waals surface area contributed by atoms with Gasteiger partial charge in [-0.2, -0.15) is 8.78 Å². The Kier molecular flexibility index (Phi) is 5.62. The van der Waals surface area contributed by atoms with Gasteiger partial charge in [-0.25, -0.2) is 4.79 Å². The van der Waals surface area contributed by atoms with Crippen LogP contribution in [0.15, 0.2) is 48.5 Å². The topological polar surface area (TPSA) is 106 Å². The van der Waals surface area contributed by atoms with Gasteiger partial charge in [0, 0.05) is 5.69 Å². The van der Waals surface area contributed by atoms with Gasteiger partial charge < -0.3 is 20.1 Å². The highest BCUT2D eigenvalue weighted by Crippen LogP contribution is 2.27. The van der Waals surface area contributed by atoms with Crippen LogP contribution in [-0.4, -0.2) is 31.1 Å². The molecule has 1 heterocycles. The molecule has 4 amide bonds. The molecule has 3 N–H and O–H groups in total. The number of nitrogens with one attached hydrogen (secondary N) is 3. The average molecular weight is 405 g/mol. The minimum absolute atomic E-state index is 0.0254. The molecule has 0 saturated carbocycles. The predicted molar refractivity (Wildman–Crippen MR) is 97.7 cm³/mol. The van der Waals surface area contributed by atoms with Gasteiger partial charge >= 0.3 is 12.6 Å². The van der Waals surface area contributed by atoms with E-state index in [1.165, 1.54) is 24.3 Å². The molecule has 152 valence electrons. The molecule has 0 unspecified atom stereocenters. The van der Waals surface area contributed by atoms with Crippen LogP contribution in [0.3, 0.4) is 0 Å². The quantitative estimate of drug-likeness (QED) is 0.614. The minimum Gasteiger partial charge on any atom is -0.484 e. The lowest BCUT2D eigenvalue weighted by Gasteiger charge is -2.21. The second kappa shape index (κ2) is 8.13. The van der Waals surface area contributed by atoms with Crippen molar-refractivity contribution in [1.82, 2.24) is 10.6 Å². The van der Waals surface area contributed by atoms with Gasteiger partial charge in [-0.3, -0.25) is 14.9 Å². The maximum Gasteiger partial charge on any atom is 0.387 e. The van der Waals surface area contributed by atoms with Crippen LogP contribution in [0.1, 0.15) is 12.5 Å². The minimum atomic E-state index is -2.93. The van der Waals surface area contributed by atoms with E-state index >= 15 is 0 Å². The van der Waals surface area contributed by atoms with Crippen LogP contribution < -0.4 is 25.4 Å². The van der Waals surface area contributed by atoms with E-state index in [-0.39, 0.29) is 12.4 Å². The number of carbonyl (C=O) groups is 3. The molecule has 3 rings (SSSR count). The fourth-order valence-electron chi connectivity index (χ4n) is 2.71. The summed E-state index contributed by atoms with van der Waals surface area (Å²) in [7, 11) is 0. The Labute approximate surface area is 164 Å². The lowest BCUT2D eigenvalue weighted by molar-refractivity contribution is -0.123. The first-order chi connectivity index (χ1) is 13.8. The molecule has 8 nitrogen and oxygen atoms in total. The van der Waals surface area contributed by atoms with E-state index in [2.05, 4.69) is 20.7 Å². The van der Waals surface area contributed by atoms with Crippen molar-refractivity contribution in [3.63, 3.8) is 0 Å². The van der Waals surface area contributed by atoms with Crippen molar-refractivity contribution in [2.45, 2.75) is 19.1 Å². The number of urea groups is 1. The van der Waals surface area contributed by atoms with E-state index in [0.29, 0.717) is 17.0 Å². The van der Waals surface area contributed by atoms with Crippen molar-refractivity contribution in [1.29, 1.82) is 0 Å². The molecule has 1 aliphatic rings. The van der Waals surface area contributed by atoms with Gasteiger partial charge in [0.15, 0.2) is 6.61 Å². The zero-order valence-electron chi connectivity index (χ0n) is 15.2. The Morgan fingerprint density at radius 2 is 1.86 bits per heavy atom. The lowest BCUT2D eigenvalue weighted by atomic mass is 9.92. The number of benzene rings is 2. The Bertz CT molecular complexity index is 936. The summed E-state index contributed by atoms with van der Waals surface area (Å²) in [4.78, 5) is 35.5. The maximum atomic E-state index is 12.1. The molecule has 1 atom stereocenters. The molecular weight excluding hydrogens is 388 g/mol. The molecule has 1 saturated heterocycles. The number of amides is 4. The molecule has 1 fully saturated rings. The van der Waals surface area contributed by atoms with Gasteiger partial charge in [0.1, 0.15) is 17.0 Å². The summed E-state index contributed by atoms with van der Waals surface area (Å²) < 4.78 is 33.9. The molecule has 0 bridgehead atoms. The zero-order chi connectivity index (χ0) is 21.0. The number of anilines is 1. The van der Waals surface area contributed by atoms with Crippen molar-refractivity contribution < 1.29 is 32.6 Å². The zero-order valence-corrected chi connectivity index (χ0v) is 15.2. The van der Waals surface area contributed by atoms with E-state index in [0.717, 1.165) is 0 Å². The number of carbonyl (C=O) groups excluding carboxylic acids is 3. The average Bonchev–Trinajstić information content (AvgIpc) is 2.94. The first-order valence-electron chi connectivity index (χ1n) is 8.48.